The van der Waals surface area contributed by atoms with Gasteiger partial charge in [-0.1, -0.05) is 6.92 Å². The monoisotopic (exact) mass is 305 g/mol. The van der Waals surface area contributed by atoms with Gasteiger partial charge in [-0.3, -0.25) is 0 Å². The van der Waals surface area contributed by atoms with E-state index >= 15 is 0 Å². The third-order valence-electron chi connectivity index (χ3n) is 3.90. The lowest BCUT2D eigenvalue weighted by Gasteiger charge is -2.36. The number of nitrogens with one attached hydrogen (secondary N) is 2. The Morgan fingerprint density at radius 3 is 2.41 bits per heavy atom. The molecule has 1 fully saturated rings. The second-order valence-electron chi connectivity index (χ2n) is 6.12. The number of carbonyl (C=O) groups is 1. The third kappa shape index (κ3) is 4.63. The van der Waals surface area contributed by atoms with Gasteiger partial charge in [-0.25, -0.2) is 4.79 Å². The van der Waals surface area contributed by atoms with E-state index in [0.29, 0.717) is 0 Å². The molecule has 0 unspecified atom stereocenters. The number of hydrogen-bond donors (Lipinski definition) is 2. The Hall–Kier alpha value is -1.75. The summed E-state index contributed by atoms with van der Waals surface area (Å²) in [6.45, 7) is 10.0. The fourth-order valence-electron chi connectivity index (χ4n) is 2.64. The molecule has 1 aromatic rings. The topological polar surface area (TPSA) is 53.6 Å². The largest absolute Gasteiger partial charge is 0.372 e. The van der Waals surface area contributed by atoms with Crippen LogP contribution in [-0.4, -0.2) is 37.4 Å². The van der Waals surface area contributed by atoms with Gasteiger partial charge >= 0.3 is 6.03 Å². The SMILES string of the molecule is CC[C@H](C)NC(=O)Nc1ccc(N2C[C@H](C)O[C@@H](C)C2)cc1. The average Bonchev–Trinajstić information content (AvgIpc) is 2.46. The van der Waals surface area contributed by atoms with Crippen LogP contribution >= 0.6 is 0 Å². The van der Waals surface area contributed by atoms with Crippen molar-refractivity contribution >= 4 is 17.4 Å². The number of amides is 2. The van der Waals surface area contributed by atoms with E-state index in [1.165, 1.54) is 0 Å². The van der Waals surface area contributed by atoms with Gasteiger partial charge in [0.05, 0.1) is 12.2 Å². The highest BCUT2D eigenvalue weighted by atomic mass is 16.5. The number of rotatable bonds is 4. The van der Waals surface area contributed by atoms with Gasteiger partial charge < -0.3 is 20.3 Å². The molecule has 122 valence electrons. The molecule has 0 saturated carbocycles. The van der Waals surface area contributed by atoms with E-state index in [4.69, 9.17) is 4.74 Å². The van der Waals surface area contributed by atoms with Crippen LogP contribution in [0.2, 0.25) is 0 Å². The van der Waals surface area contributed by atoms with E-state index in [9.17, 15) is 4.79 Å². The van der Waals surface area contributed by atoms with Gasteiger partial charge in [0.25, 0.3) is 0 Å². The van der Waals surface area contributed by atoms with Gasteiger partial charge in [0.1, 0.15) is 0 Å². The van der Waals surface area contributed by atoms with Crippen molar-refractivity contribution in [3.05, 3.63) is 24.3 Å². The Morgan fingerprint density at radius 2 is 1.86 bits per heavy atom. The standard InChI is InChI=1S/C17H27N3O2/c1-5-12(2)18-17(21)19-15-6-8-16(9-7-15)20-10-13(3)22-14(4)11-20/h6-9,12-14H,5,10-11H2,1-4H3,(H2,18,19,21)/t12-,13-,14-/m0/s1. The molecule has 0 radical (unpaired) electrons. The van der Waals surface area contributed by atoms with Crippen LogP contribution in [0.1, 0.15) is 34.1 Å². The second kappa shape index (κ2) is 7.49. The van der Waals surface area contributed by atoms with Crippen LogP contribution < -0.4 is 15.5 Å². The Morgan fingerprint density at radius 1 is 1.27 bits per heavy atom. The zero-order chi connectivity index (χ0) is 16.1. The van der Waals surface area contributed by atoms with Crippen LogP contribution in [0.5, 0.6) is 0 Å². The van der Waals surface area contributed by atoms with E-state index in [0.717, 1.165) is 30.9 Å². The van der Waals surface area contributed by atoms with Gasteiger partial charge in [-0.15, -0.1) is 0 Å². The summed E-state index contributed by atoms with van der Waals surface area (Å²) in [4.78, 5) is 14.1. The summed E-state index contributed by atoms with van der Waals surface area (Å²) in [7, 11) is 0. The molecule has 2 N–H and O–H groups in total. The van der Waals surface area contributed by atoms with Crippen molar-refractivity contribution in [1.82, 2.24) is 5.32 Å². The van der Waals surface area contributed by atoms with Crippen molar-refractivity contribution < 1.29 is 9.53 Å². The van der Waals surface area contributed by atoms with E-state index in [-0.39, 0.29) is 24.3 Å². The lowest BCUT2D eigenvalue weighted by molar-refractivity contribution is -0.00521. The smallest absolute Gasteiger partial charge is 0.319 e. The fraction of sp³-hybridized carbons (Fsp3) is 0.588. The maximum absolute atomic E-state index is 11.8. The number of carbonyl (C=O) groups excluding carboxylic acids is 1. The summed E-state index contributed by atoms with van der Waals surface area (Å²) in [5.41, 5.74) is 1.97. The van der Waals surface area contributed by atoms with Crippen molar-refractivity contribution in [1.29, 1.82) is 0 Å². The zero-order valence-corrected chi connectivity index (χ0v) is 13.9. The van der Waals surface area contributed by atoms with E-state index in [2.05, 4.69) is 29.4 Å². The van der Waals surface area contributed by atoms with Crippen molar-refractivity contribution in [2.45, 2.75) is 52.4 Å². The Balaban J connectivity index is 1.94. The van der Waals surface area contributed by atoms with Gasteiger partial charge in [0, 0.05) is 30.5 Å². The number of hydrogen-bond acceptors (Lipinski definition) is 3. The van der Waals surface area contributed by atoms with Gasteiger partial charge in [0.2, 0.25) is 0 Å². The number of nitrogens with zero attached hydrogens (tertiary/aromatic N) is 1. The van der Waals surface area contributed by atoms with Crippen LogP contribution in [0.15, 0.2) is 24.3 Å². The normalized spacial score (nSPS) is 23.0. The summed E-state index contributed by atoms with van der Waals surface area (Å²) >= 11 is 0. The maximum Gasteiger partial charge on any atom is 0.319 e. The number of urea groups is 1. The quantitative estimate of drug-likeness (QED) is 0.898. The minimum atomic E-state index is -0.157. The molecule has 1 saturated heterocycles. The molecular formula is C17H27N3O2. The predicted octanol–water partition coefficient (Wildman–Crippen LogP) is 3.22. The molecule has 1 aromatic carbocycles. The van der Waals surface area contributed by atoms with E-state index in [1.807, 2.05) is 38.1 Å². The molecule has 0 aliphatic carbocycles. The van der Waals surface area contributed by atoms with Gasteiger partial charge in [-0.2, -0.15) is 0 Å². The molecule has 2 amide bonds. The summed E-state index contributed by atoms with van der Waals surface area (Å²) in [6.07, 6.45) is 1.39. The lowest BCUT2D eigenvalue weighted by atomic mass is 10.2. The summed E-state index contributed by atoms with van der Waals surface area (Å²) in [6, 6.07) is 7.99. The van der Waals surface area contributed by atoms with Crippen molar-refractivity contribution in [3.8, 4) is 0 Å². The minimum Gasteiger partial charge on any atom is -0.372 e. The molecular weight excluding hydrogens is 278 g/mol. The van der Waals surface area contributed by atoms with Crippen LogP contribution in [0.4, 0.5) is 16.2 Å². The van der Waals surface area contributed by atoms with E-state index < -0.39 is 0 Å². The molecule has 1 aliphatic rings. The predicted molar refractivity (Wildman–Crippen MR) is 90.6 cm³/mol. The number of benzene rings is 1. The first kappa shape index (κ1) is 16.6. The Bertz CT molecular complexity index is 479. The average molecular weight is 305 g/mol. The number of ether oxygens (including phenoxy) is 1. The van der Waals surface area contributed by atoms with Crippen molar-refractivity contribution in [2.24, 2.45) is 0 Å². The summed E-state index contributed by atoms with van der Waals surface area (Å²) in [5, 5.41) is 5.75. The molecule has 5 heteroatoms. The Labute approximate surface area is 133 Å². The minimum absolute atomic E-state index is 0.157. The highest BCUT2D eigenvalue weighted by molar-refractivity contribution is 5.89. The van der Waals surface area contributed by atoms with Crippen LogP contribution in [0.25, 0.3) is 0 Å². The lowest BCUT2D eigenvalue weighted by Crippen LogP contribution is -2.45. The first-order chi connectivity index (χ1) is 10.5. The van der Waals surface area contributed by atoms with Gasteiger partial charge in [0.15, 0.2) is 0 Å². The second-order valence-corrected chi connectivity index (χ2v) is 6.12. The van der Waals surface area contributed by atoms with Crippen molar-refractivity contribution in [3.63, 3.8) is 0 Å². The van der Waals surface area contributed by atoms with Gasteiger partial charge in [-0.05, 0) is 51.5 Å². The molecule has 3 atom stereocenters. The van der Waals surface area contributed by atoms with Crippen molar-refractivity contribution in [2.75, 3.05) is 23.3 Å². The molecule has 1 heterocycles. The van der Waals surface area contributed by atoms with Crippen LogP contribution in [-0.2, 0) is 4.74 Å². The molecule has 2 rings (SSSR count). The third-order valence-corrected chi connectivity index (χ3v) is 3.90. The number of anilines is 2. The molecule has 22 heavy (non-hydrogen) atoms. The zero-order valence-electron chi connectivity index (χ0n) is 13.9. The molecule has 0 aromatic heterocycles. The molecule has 0 bridgehead atoms. The fourth-order valence-corrected chi connectivity index (χ4v) is 2.64. The highest BCUT2D eigenvalue weighted by Crippen LogP contribution is 2.22. The molecule has 0 spiro atoms. The summed E-state index contributed by atoms with van der Waals surface area (Å²) in [5.74, 6) is 0. The number of morpholine rings is 1. The van der Waals surface area contributed by atoms with E-state index in [1.54, 1.807) is 0 Å². The maximum atomic E-state index is 11.8. The van der Waals surface area contributed by atoms with Crippen LogP contribution in [0, 0.1) is 0 Å². The molecule has 5 nitrogen and oxygen atoms in total. The summed E-state index contributed by atoms with van der Waals surface area (Å²) < 4.78 is 5.75. The van der Waals surface area contributed by atoms with Crippen LogP contribution in [0.3, 0.4) is 0 Å². The Kier molecular flexibility index (Phi) is 5.66. The first-order valence-corrected chi connectivity index (χ1v) is 8.06. The first-order valence-electron chi connectivity index (χ1n) is 8.06. The highest BCUT2D eigenvalue weighted by Gasteiger charge is 2.22. The molecule has 1 aliphatic heterocycles.